The van der Waals surface area contributed by atoms with E-state index in [0.717, 1.165) is 5.69 Å². The van der Waals surface area contributed by atoms with E-state index in [4.69, 9.17) is 28.6 Å². The van der Waals surface area contributed by atoms with Crippen LogP contribution < -0.4 is 15.5 Å². The smallest absolute Gasteiger partial charge is 0.288 e. The fourth-order valence-corrected chi connectivity index (χ4v) is 2.29. The minimum atomic E-state index is -0.540. The Hall–Kier alpha value is -2.71. The molecule has 7 nitrogen and oxygen atoms in total. The van der Waals surface area contributed by atoms with Crippen molar-refractivity contribution in [2.75, 3.05) is 12.4 Å². The molecule has 0 fully saturated rings. The minimum absolute atomic E-state index is 0.0738. The van der Waals surface area contributed by atoms with Crippen LogP contribution in [0.2, 0.25) is 5.02 Å². The van der Waals surface area contributed by atoms with Crippen LogP contribution in [0, 0.1) is 10.1 Å². The Balaban J connectivity index is 2.06. The van der Waals surface area contributed by atoms with Gasteiger partial charge in [0.1, 0.15) is 10.8 Å². The van der Waals surface area contributed by atoms with E-state index in [2.05, 4.69) is 15.8 Å². The van der Waals surface area contributed by atoms with Crippen molar-refractivity contribution in [3.05, 3.63) is 63.2 Å². The van der Waals surface area contributed by atoms with Gasteiger partial charge in [-0.3, -0.25) is 15.5 Å². The van der Waals surface area contributed by atoms with Gasteiger partial charge in [0.2, 0.25) is 0 Å². The number of halogens is 1. The third kappa shape index (κ3) is 5.13. The van der Waals surface area contributed by atoms with Crippen LogP contribution in [-0.2, 0) is 0 Å². The van der Waals surface area contributed by atoms with Crippen molar-refractivity contribution in [1.82, 2.24) is 5.43 Å². The molecule has 2 N–H and O–H groups in total. The molecule has 25 heavy (non-hydrogen) atoms. The summed E-state index contributed by atoms with van der Waals surface area (Å²) in [5, 5.41) is 18.4. The van der Waals surface area contributed by atoms with Crippen LogP contribution in [0.4, 0.5) is 11.4 Å². The van der Waals surface area contributed by atoms with Crippen molar-refractivity contribution in [2.45, 2.75) is 6.92 Å². The number of nitro benzene ring substituents is 1. The summed E-state index contributed by atoms with van der Waals surface area (Å²) in [4.78, 5) is 10.4. The normalized spacial score (nSPS) is 10.9. The van der Waals surface area contributed by atoms with E-state index in [0.29, 0.717) is 17.0 Å². The summed E-state index contributed by atoms with van der Waals surface area (Å²) in [7, 11) is 1.58. The Bertz CT molecular complexity index is 842. The van der Waals surface area contributed by atoms with Gasteiger partial charge in [-0.2, -0.15) is 5.10 Å². The minimum Gasteiger partial charge on any atom is -0.497 e. The first-order valence-corrected chi connectivity index (χ1v) is 7.89. The van der Waals surface area contributed by atoms with Crippen molar-refractivity contribution in [3.63, 3.8) is 0 Å². The molecule has 0 saturated carbocycles. The Kier molecular flexibility index (Phi) is 6.26. The molecule has 0 aliphatic rings. The van der Waals surface area contributed by atoms with Gasteiger partial charge in [0.25, 0.3) is 5.69 Å². The number of nitrogens with one attached hydrogen (secondary N) is 2. The lowest BCUT2D eigenvalue weighted by molar-refractivity contribution is -0.384. The summed E-state index contributed by atoms with van der Waals surface area (Å²) in [5.41, 5.74) is 4.35. The molecule has 2 aromatic carbocycles. The molecule has 0 atom stereocenters. The maximum atomic E-state index is 10.9. The van der Waals surface area contributed by atoms with Crippen LogP contribution in [0.1, 0.15) is 12.5 Å². The van der Waals surface area contributed by atoms with E-state index in [9.17, 15) is 10.1 Å². The number of hydrazone groups is 1. The second kappa shape index (κ2) is 8.41. The van der Waals surface area contributed by atoms with E-state index in [-0.39, 0.29) is 15.8 Å². The molecule has 0 spiro atoms. The molecule has 9 heteroatoms. The van der Waals surface area contributed by atoms with Crippen LogP contribution in [0.25, 0.3) is 0 Å². The second-order valence-electron chi connectivity index (χ2n) is 4.92. The lowest BCUT2D eigenvalue weighted by Gasteiger charge is -2.09. The maximum Gasteiger partial charge on any atom is 0.288 e. The highest BCUT2D eigenvalue weighted by Gasteiger charge is 2.13. The SMILES string of the molecule is COc1cccc(NC(=S)N/N=C(/C)c2ccc(Cl)c([N+](=O)[O-])c2)c1. The molecule has 0 unspecified atom stereocenters. The summed E-state index contributed by atoms with van der Waals surface area (Å²) < 4.78 is 5.14. The zero-order chi connectivity index (χ0) is 18.4. The van der Waals surface area contributed by atoms with Gasteiger partial charge in [0, 0.05) is 23.4 Å². The predicted octanol–water partition coefficient (Wildman–Crippen LogP) is 3.97. The van der Waals surface area contributed by atoms with Gasteiger partial charge in [0.15, 0.2) is 5.11 Å². The molecular formula is C16H15ClN4O3S. The van der Waals surface area contributed by atoms with Crippen LogP contribution in [0.5, 0.6) is 5.75 Å². The molecule has 2 rings (SSSR count). The highest BCUT2D eigenvalue weighted by Crippen LogP contribution is 2.25. The van der Waals surface area contributed by atoms with Gasteiger partial charge < -0.3 is 10.1 Å². The molecule has 0 radical (unpaired) electrons. The van der Waals surface area contributed by atoms with Gasteiger partial charge in [0.05, 0.1) is 17.7 Å². The van der Waals surface area contributed by atoms with Crippen LogP contribution >= 0.6 is 23.8 Å². The van der Waals surface area contributed by atoms with Gasteiger partial charge in [-0.25, -0.2) is 0 Å². The van der Waals surface area contributed by atoms with Crippen molar-refractivity contribution < 1.29 is 9.66 Å². The molecule has 2 aromatic rings. The van der Waals surface area contributed by atoms with E-state index in [1.807, 2.05) is 18.2 Å². The predicted molar refractivity (Wildman–Crippen MR) is 103 cm³/mol. The zero-order valence-corrected chi connectivity index (χ0v) is 15.0. The number of benzene rings is 2. The number of nitro groups is 1. The van der Waals surface area contributed by atoms with Crippen LogP contribution in [-0.4, -0.2) is 22.9 Å². The van der Waals surface area contributed by atoms with Crippen molar-refractivity contribution in [1.29, 1.82) is 0 Å². The molecular weight excluding hydrogens is 364 g/mol. The molecule has 0 aromatic heterocycles. The Morgan fingerprint density at radius 2 is 2.08 bits per heavy atom. The summed E-state index contributed by atoms with van der Waals surface area (Å²) in [5.74, 6) is 0.695. The van der Waals surface area contributed by atoms with Crippen molar-refractivity contribution in [2.24, 2.45) is 5.10 Å². The van der Waals surface area contributed by atoms with Crippen molar-refractivity contribution in [3.8, 4) is 5.75 Å². The van der Waals surface area contributed by atoms with Crippen LogP contribution in [0.15, 0.2) is 47.6 Å². The average molecular weight is 379 g/mol. The van der Waals surface area contributed by atoms with E-state index in [1.54, 1.807) is 26.2 Å². The summed E-state index contributed by atoms with van der Waals surface area (Å²) in [6, 6.07) is 11.7. The fraction of sp³-hybridized carbons (Fsp3) is 0.125. The lowest BCUT2D eigenvalue weighted by Crippen LogP contribution is -2.25. The maximum absolute atomic E-state index is 10.9. The molecule has 0 aliphatic carbocycles. The molecule has 0 heterocycles. The zero-order valence-electron chi connectivity index (χ0n) is 13.4. The largest absolute Gasteiger partial charge is 0.497 e. The van der Waals surface area contributed by atoms with Gasteiger partial charge in [-0.15, -0.1) is 0 Å². The average Bonchev–Trinajstić information content (AvgIpc) is 2.60. The summed E-state index contributed by atoms with van der Waals surface area (Å²) in [6.07, 6.45) is 0. The second-order valence-corrected chi connectivity index (χ2v) is 5.73. The molecule has 0 saturated heterocycles. The lowest BCUT2D eigenvalue weighted by atomic mass is 10.1. The standard InChI is InChI=1S/C16H15ClN4O3S/c1-10(11-6-7-14(17)15(8-11)21(22)23)19-20-16(25)18-12-4-3-5-13(9-12)24-2/h3-9H,1-2H3,(H2,18,20,25)/b19-10-. The third-order valence-electron chi connectivity index (χ3n) is 3.21. The number of rotatable bonds is 5. The number of anilines is 1. The fourth-order valence-electron chi connectivity index (χ4n) is 1.94. The van der Waals surface area contributed by atoms with E-state index in [1.165, 1.54) is 12.1 Å². The highest BCUT2D eigenvalue weighted by atomic mass is 35.5. The number of thiocarbonyl (C=S) groups is 1. The molecule has 130 valence electrons. The monoisotopic (exact) mass is 378 g/mol. The Morgan fingerprint density at radius 1 is 1.32 bits per heavy atom. The highest BCUT2D eigenvalue weighted by molar-refractivity contribution is 7.80. The Morgan fingerprint density at radius 3 is 2.76 bits per heavy atom. The van der Waals surface area contributed by atoms with E-state index < -0.39 is 4.92 Å². The van der Waals surface area contributed by atoms with Gasteiger partial charge in [-0.05, 0) is 37.3 Å². The molecule has 0 aliphatic heterocycles. The number of hydrogen-bond acceptors (Lipinski definition) is 5. The first-order valence-electron chi connectivity index (χ1n) is 7.10. The Labute approximate surface area is 154 Å². The third-order valence-corrected chi connectivity index (χ3v) is 3.73. The topological polar surface area (TPSA) is 88.8 Å². The van der Waals surface area contributed by atoms with Gasteiger partial charge >= 0.3 is 0 Å². The first-order chi connectivity index (χ1) is 11.9. The number of hydrogen-bond donors (Lipinski definition) is 2. The van der Waals surface area contributed by atoms with Crippen molar-refractivity contribution >= 4 is 46.0 Å². The number of methoxy groups -OCH3 is 1. The number of nitrogens with zero attached hydrogens (tertiary/aromatic N) is 2. The van der Waals surface area contributed by atoms with Crippen LogP contribution in [0.3, 0.4) is 0 Å². The van der Waals surface area contributed by atoms with E-state index >= 15 is 0 Å². The first kappa shape index (κ1) is 18.6. The van der Waals surface area contributed by atoms with Gasteiger partial charge in [-0.1, -0.05) is 23.7 Å². The summed E-state index contributed by atoms with van der Waals surface area (Å²) in [6.45, 7) is 1.70. The summed E-state index contributed by atoms with van der Waals surface area (Å²) >= 11 is 11.0. The quantitative estimate of drug-likeness (QED) is 0.354. The molecule has 0 bridgehead atoms. The molecule has 0 amide bonds. The number of ether oxygens (including phenoxy) is 1.